The fraction of sp³-hybridized carbons (Fsp3) is 0.538. The van der Waals surface area contributed by atoms with E-state index in [4.69, 9.17) is 5.73 Å². The minimum atomic E-state index is -3.44. The van der Waals surface area contributed by atoms with Crippen LogP contribution in [-0.2, 0) is 16.6 Å². The van der Waals surface area contributed by atoms with Crippen LogP contribution >= 0.6 is 11.8 Å². The van der Waals surface area contributed by atoms with E-state index >= 15 is 0 Å². The lowest BCUT2D eigenvalue weighted by molar-refractivity contribution is 0.557. The Hall–Kier alpha value is -0.560. The maximum Gasteiger partial charge on any atom is 0.240 e. The fourth-order valence-corrected chi connectivity index (χ4v) is 3.79. The molecule has 0 saturated heterocycles. The Bertz CT molecular complexity index is 489. The molecule has 1 unspecified atom stereocenters. The summed E-state index contributed by atoms with van der Waals surface area (Å²) in [6, 6.07) is 6.69. The van der Waals surface area contributed by atoms with E-state index in [0.717, 1.165) is 23.5 Å². The Labute approximate surface area is 120 Å². The van der Waals surface area contributed by atoms with Gasteiger partial charge in [0, 0.05) is 12.6 Å². The summed E-state index contributed by atoms with van der Waals surface area (Å²) in [7, 11) is -3.44. The van der Waals surface area contributed by atoms with E-state index in [2.05, 4.69) is 11.6 Å². The molecule has 0 aromatic heterocycles. The van der Waals surface area contributed by atoms with Crippen molar-refractivity contribution in [2.45, 2.75) is 37.8 Å². The molecule has 0 aliphatic heterocycles. The van der Waals surface area contributed by atoms with Crippen LogP contribution in [0.2, 0.25) is 0 Å². The second kappa shape index (κ2) is 7.89. The number of nitrogens with two attached hydrogens (primary N) is 1. The van der Waals surface area contributed by atoms with Crippen LogP contribution in [0.25, 0.3) is 0 Å². The van der Waals surface area contributed by atoms with Gasteiger partial charge in [-0.1, -0.05) is 19.1 Å². The van der Waals surface area contributed by atoms with Crippen LogP contribution in [0.1, 0.15) is 25.8 Å². The zero-order valence-corrected chi connectivity index (χ0v) is 13.1. The molecule has 0 heterocycles. The van der Waals surface area contributed by atoms with Gasteiger partial charge in [-0.05, 0) is 42.5 Å². The summed E-state index contributed by atoms with van der Waals surface area (Å²) in [5.74, 6) is 2.01. The summed E-state index contributed by atoms with van der Waals surface area (Å²) in [5, 5.41) is 0. The van der Waals surface area contributed by atoms with Crippen molar-refractivity contribution in [1.82, 2.24) is 4.72 Å². The van der Waals surface area contributed by atoms with Gasteiger partial charge in [-0.25, -0.2) is 13.1 Å². The van der Waals surface area contributed by atoms with Crippen LogP contribution in [-0.4, -0.2) is 26.0 Å². The lowest BCUT2D eigenvalue weighted by Crippen LogP contribution is -2.33. The predicted molar refractivity (Wildman–Crippen MR) is 81.7 cm³/mol. The number of hydrogen-bond acceptors (Lipinski definition) is 4. The Morgan fingerprint density at radius 2 is 2.16 bits per heavy atom. The van der Waals surface area contributed by atoms with Gasteiger partial charge >= 0.3 is 0 Å². The highest BCUT2D eigenvalue weighted by Crippen LogP contribution is 2.13. The molecular formula is C13H22N2O2S2. The minimum Gasteiger partial charge on any atom is -0.326 e. The van der Waals surface area contributed by atoms with Gasteiger partial charge in [-0.2, -0.15) is 11.8 Å². The highest BCUT2D eigenvalue weighted by Gasteiger charge is 2.17. The van der Waals surface area contributed by atoms with Crippen LogP contribution in [0.4, 0.5) is 0 Å². The molecule has 3 N–H and O–H groups in total. The molecule has 0 spiro atoms. The third-order valence-electron chi connectivity index (χ3n) is 2.70. The van der Waals surface area contributed by atoms with Crippen LogP contribution in [0.3, 0.4) is 0 Å². The minimum absolute atomic E-state index is 0.0643. The Morgan fingerprint density at radius 3 is 2.79 bits per heavy atom. The molecule has 0 amide bonds. The van der Waals surface area contributed by atoms with Gasteiger partial charge in [0.1, 0.15) is 0 Å². The van der Waals surface area contributed by atoms with Crippen molar-refractivity contribution in [3.63, 3.8) is 0 Å². The summed E-state index contributed by atoms with van der Waals surface area (Å²) in [6.07, 6.45) is 0.828. The molecule has 0 bridgehead atoms. The fourth-order valence-electron chi connectivity index (χ4n) is 1.64. The summed E-state index contributed by atoms with van der Waals surface area (Å²) in [5.41, 5.74) is 6.34. The first-order valence-electron chi connectivity index (χ1n) is 6.38. The first-order valence-corrected chi connectivity index (χ1v) is 9.02. The van der Waals surface area contributed by atoms with Crippen molar-refractivity contribution < 1.29 is 8.42 Å². The maximum atomic E-state index is 12.2. The van der Waals surface area contributed by atoms with E-state index in [-0.39, 0.29) is 10.9 Å². The predicted octanol–water partition coefficient (Wildman–Crippen LogP) is 1.96. The van der Waals surface area contributed by atoms with Gasteiger partial charge in [-0.15, -0.1) is 0 Å². The lowest BCUT2D eigenvalue weighted by atomic mass is 10.2. The number of nitrogens with one attached hydrogen (secondary N) is 1. The van der Waals surface area contributed by atoms with Crippen molar-refractivity contribution in [2.24, 2.45) is 5.73 Å². The van der Waals surface area contributed by atoms with E-state index in [1.54, 1.807) is 18.2 Å². The number of thioether (sulfide) groups is 1. The zero-order chi connectivity index (χ0) is 14.3. The van der Waals surface area contributed by atoms with Crippen molar-refractivity contribution in [3.05, 3.63) is 29.8 Å². The number of rotatable bonds is 8. The quantitative estimate of drug-likeness (QED) is 0.720. The molecule has 4 nitrogen and oxygen atoms in total. The van der Waals surface area contributed by atoms with Gasteiger partial charge in [0.15, 0.2) is 0 Å². The first-order chi connectivity index (χ1) is 8.99. The smallest absolute Gasteiger partial charge is 0.240 e. The monoisotopic (exact) mass is 302 g/mol. The highest BCUT2D eigenvalue weighted by molar-refractivity contribution is 7.99. The standard InChI is InChI=1S/C13H22N2O2S2/c1-3-18-8-7-11(2)15-19(16,17)13-6-4-5-12(9-13)10-14/h4-6,9,11,15H,3,7-8,10,14H2,1-2H3. The van der Waals surface area contributed by atoms with Crippen LogP contribution < -0.4 is 10.5 Å². The normalized spacial score (nSPS) is 13.4. The zero-order valence-electron chi connectivity index (χ0n) is 11.4. The summed E-state index contributed by atoms with van der Waals surface area (Å²) in [4.78, 5) is 0.283. The topological polar surface area (TPSA) is 72.2 Å². The number of benzene rings is 1. The Morgan fingerprint density at radius 1 is 1.42 bits per heavy atom. The molecule has 108 valence electrons. The third-order valence-corrected chi connectivity index (χ3v) is 5.22. The number of sulfonamides is 1. The van der Waals surface area contributed by atoms with Crippen LogP contribution in [0.5, 0.6) is 0 Å². The molecule has 0 aliphatic rings. The van der Waals surface area contributed by atoms with Gasteiger partial charge in [0.25, 0.3) is 0 Å². The van der Waals surface area contributed by atoms with Crippen molar-refractivity contribution >= 4 is 21.8 Å². The molecule has 0 saturated carbocycles. The molecule has 0 aliphatic carbocycles. The van der Waals surface area contributed by atoms with E-state index in [1.807, 2.05) is 24.8 Å². The van der Waals surface area contributed by atoms with Gasteiger partial charge in [0.2, 0.25) is 10.0 Å². The number of hydrogen-bond donors (Lipinski definition) is 2. The van der Waals surface area contributed by atoms with E-state index in [1.165, 1.54) is 0 Å². The van der Waals surface area contributed by atoms with Gasteiger partial charge in [0.05, 0.1) is 4.90 Å². The second-order valence-corrected chi connectivity index (χ2v) is 7.47. The average molecular weight is 302 g/mol. The third kappa shape index (κ3) is 5.52. The molecule has 0 fully saturated rings. The molecule has 0 radical (unpaired) electrons. The van der Waals surface area contributed by atoms with Crippen LogP contribution in [0.15, 0.2) is 29.2 Å². The van der Waals surface area contributed by atoms with Crippen molar-refractivity contribution in [3.8, 4) is 0 Å². The largest absolute Gasteiger partial charge is 0.326 e. The van der Waals surface area contributed by atoms with Crippen LogP contribution in [0, 0.1) is 0 Å². The van der Waals surface area contributed by atoms with E-state index in [0.29, 0.717) is 6.54 Å². The molecule has 1 aromatic rings. The summed E-state index contributed by atoms with van der Waals surface area (Å²) in [6.45, 7) is 4.32. The first kappa shape index (κ1) is 16.5. The Balaban J connectivity index is 2.69. The molecule has 19 heavy (non-hydrogen) atoms. The van der Waals surface area contributed by atoms with Gasteiger partial charge in [-0.3, -0.25) is 0 Å². The molecular weight excluding hydrogens is 280 g/mol. The van der Waals surface area contributed by atoms with Crippen molar-refractivity contribution in [1.29, 1.82) is 0 Å². The molecule has 6 heteroatoms. The average Bonchev–Trinajstić information content (AvgIpc) is 2.38. The van der Waals surface area contributed by atoms with E-state index in [9.17, 15) is 8.42 Å². The SMILES string of the molecule is CCSCCC(C)NS(=O)(=O)c1cccc(CN)c1. The Kier molecular flexibility index (Phi) is 6.85. The summed E-state index contributed by atoms with van der Waals surface area (Å²) >= 11 is 1.81. The second-order valence-electron chi connectivity index (χ2n) is 4.36. The lowest BCUT2D eigenvalue weighted by Gasteiger charge is -2.14. The summed E-state index contributed by atoms with van der Waals surface area (Å²) < 4.78 is 27.1. The van der Waals surface area contributed by atoms with Gasteiger partial charge < -0.3 is 5.73 Å². The van der Waals surface area contributed by atoms with Crippen molar-refractivity contribution in [2.75, 3.05) is 11.5 Å². The highest BCUT2D eigenvalue weighted by atomic mass is 32.2. The maximum absolute atomic E-state index is 12.2. The molecule has 1 atom stereocenters. The van der Waals surface area contributed by atoms with E-state index < -0.39 is 10.0 Å². The molecule has 1 rings (SSSR count). The molecule has 1 aromatic carbocycles.